The van der Waals surface area contributed by atoms with Gasteiger partial charge in [0.2, 0.25) is 23.6 Å². The third kappa shape index (κ3) is 9.92. The topological polar surface area (TPSA) is 251 Å². The number of primary amides is 1. The first-order chi connectivity index (χ1) is 17.6. The molecule has 2 aromatic heterocycles. The summed E-state index contributed by atoms with van der Waals surface area (Å²) >= 11 is 1.43. The smallest absolute Gasteiger partial charge is 0.326 e. The highest BCUT2D eigenvalue weighted by molar-refractivity contribution is 7.98. The first-order valence-electron chi connectivity index (χ1n) is 11.2. The summed E-state index contributed by atoms with van der Waals surface area (Å²) in [6, 6.07) is -4.82. The van der Waals surface area contributed by atoms with Crippen LogP contribution in [0.25, 0.3) is 0 Å². The van der Waals surface area contributed by atoms with Crippen LogP contribution in [-0.4, -0.2) is 90.8 Å². The van der Waals surface area contributed by atoms with Crippen molar-refractivity contribution in [1.82, 2.24) is 35.9 Å². The molecule has 2 heterocycles. The van der Waals surface area contributed by atoms with Gasteiger partial charge in [0.25, 0.3) is 0 Å². The average molecular weight is 538 g/mol. The zero-order chi connectivity index (χ0) is 27.4. The van der Waals surface area contributed by atoms with Gasteiger partial charge in [-0.25, -0.2) is 14.8 Å². The molecule has 0 aliphatic carbocycles. The number of imidazole rings is 2. The van der Waals surface area contributed by atoms with Crippen molar-refractivity contribution in [2.24, 2.45) is 11.5 Å². The van der Waals surface area contributed by atoms with E-state index in [9.17, 15) is 29.1 Å². The Bertz CT molecular complexity index is 1050. The summed E-state index contributed by atoms with van der Waals surface area (Å²) in [6.45, 7) is 0. The Kier molecular flexibility index (Phi) is 11.6. The van der Waals surface area contributed by atoms with Crippen molar-refractivity contribution < 1.29 is 29.1 Å². The number of aromatic amines is 2. The Hall–Kier alpha value is -3.92. The maximum Gasteiger partial charge on any atom is 0.326 e. The van der Waals surface area contributed by atoms with Gasteiger partial charge < -0.3 is 42.5 Å². The molecule has 4 atom stereocenters. The lowest BCUT2D eigenvalue weighted by atomic mass is 10.1. The molecule has 0 radical (unpaired) electrons. The highest BCUT2D eigenvalue weighted by Gasteiger charge is 2.31. The number of hydrogen-bond donors (Lipinski definition) is 8. The van der Waals surface area contributed by atoms with E-state index < -0.39 is 60.2 Å². The molecule has 15 nitrogen and oxygen atoms in total. The summed E-state index contributed by atoms with van der Waals surface area (Å²) < 4.78 is 0. The van der Waals surface area contributed by atoms with Crippen LogP contribution in [0, 0.1) is 0 Å². The summed E-state index contributed by atoms with van der Waals surface area (Å²) in [4.78, 5) is 74.9. The minimum absolute atomic E-state index is 0.0185. The molecule has 202 valence electrons. The van der Waals surface area contributed by atoms with Crippen LogP contribution < -0.4 is 27.4 Å². The molecule has 0 saturated heterocycles. The normalized spacial score (nSPS) is 14.1. The van der Waals surface area contributed by atoms with E-state index in [-0.39, 0.29) is 19.3 Å². The van der Waals surface area contributed by atoms with E-state index in [1.165, 1.54) is 36.8 Å². The molecule has 0 saturated carbocycles. The predicted octanol–water partition coefficient (Wildman–Crippen LogP) is -2.59. The van der Waals surface area contributed by atoms with Crippen molar-refractivity contribution in [3.05, 3.63) is 36.4 Å². The van der Waals surface area contributed by atoms with Crippen LogP contribution >= 0.6 is 11.8 Å². The minimum atomic E-state index is -1.27. The molecule has 4 amide bonds. The summed E-state index contributed by atoms with van der Waals surface area (Å²) in [7, 11) is 0. The van der Waals surface area contributed by atoms with Gasteiger partial charge in [-0.05, 0) is 18.4 Å². The van der Waals surface area contributed by atoms with E-state index in [4.69, 9.17) is 11.5 Å². The average Bonchev–Trinajstić information content (AvgIpc) is 3.54. The largest absolute Gasteiger partial charge is 0.480 e. The number of aliphatic carboxylic acids is 1. The molecular weight excluding hydrogens is 506 g/mol. The fourth-order valence-corrected chi connectivity index (χ4v) is 3.75. The molecule has 37 heavy (non-hydrogen) atoms. The van der Waals surface area contributed by atoms with Gasteiger partial charge in [-0.2, -0.15) is 11.8 Å². The molecule has 4 unspecified atom stereocenters. The molecule has 0 bridgehead atoms. The highest BCUT2D eigenvalue weighted by Crippen LogP contribution is 2.06. The van der Waals surface area contributed by atoms with E-state index in [2.05, 4.69) is 35.9 Å². The van der Waals surface area contributed by atoms with Gasteiger partial charge >= 0.3 is 5.97 Å². The number of rotatable bonds is 16. The third-order valence-electron chi connectivity index (χ3n) is 5.21. The predicted molar refractivity (Wildman–Crippen MR) is 133 cm³/mol. The quantitative estimate of drug-likeness (QED) is 0.111. The Balaban J connectivity index is 2.16. The lowest BCUT2D eigenvalue weighted by Crippen LogP contribution is -2.58. The fraction of sp³-hybridized carbons (Fsp3) is 0.476. The molecule has 0 spiro atoms. The number of carboxylic acid groups (broad SMARTS) is 1. The second kappa shape index (κ2) is 14.6. The molecular formula is C21H31N9O6S. The van der Waals surface area contributed by atoms with Gasteiger partial charge in [0.1, 0.15) is 18.1 Å². The van der Waals surface area contributed by atoms with Crippen molar-refractivity contribution in [3.63, 3.8) is 0 Å². The van der Waals surface area contributed by atoms with Crippen LogP contribution in [0.15, 0.2) is 25.0 Å². The summed E-state index contributed by atoms with van der Waals surface area (Å²) in [5, 5.41) is 17.1. The Morgan fingerprint density at radius 1 is 0.919 bits per heavy atom. The maximum absolute atomic E-state index is 13.2. The number of nitrogens with two attached hydrogens (primary N) is 2. The molecule has 0 aliphatic rings. The Labute approximate surface area is 216 Å². The monoisotopic (exact) mass is 537 g/mol. The summed E-state index contributed by atoms with van der Waals surface area (Å²) in [5.41, 5.74) is 11.8. The number of carbonyl (C=O) groups excluding carboxylic acids is 4. The Morgan fingerprint density at radius 3 is 1.92 bits per heavy atom. The van der Waals surface area contributed by atoms with Crippen molar-refractivity contribution in [2.45, 2.75) is 49.9 Å². The van der Waals surface area contributed by atoms with Crippen LogP contribution in [0.4, 0.5) is 0 Å². The third-order valence-corrected chi connectivity index (χ3v) is 5.85. The summed E-state index contributed by atoms with van der Waals surface area (Å²) in [5.74, 6) is -3.76. The zero-order valence-corrected chi connectivity index (χ0v) is 20.9. The number of carbonyl (C=O) groups is 5. The van der Waals surface area contributed by atoms with E-state index in [0.717, 1.165) is 0 Å². The number of thioether (sulfide) groups is 1. The zero-order valence-electron chi connectivity index (χ0n) is 20.1. The van der Waals surface area contributed by atoms with Crippen LogP contribution in [-0.2, 0) is 36.8 Å². The number of nitrogens with zero attached hydrogens (tertiary/aromatic N) is 2. The van der Waals surface area contributed by atoms with Crippen LogP contribution in [0.1, 0.15) is 24.2 Å². The highest BCUT2D eigenvalue weighted by atomic mass is 32.2. The van der Waals surface area contributed by atoms with Gasteiger partial charge in [0.05, 0.1) is 25.1 Å². The lowest BCUT2D eigenvalue weighted by molar-refractivity contribution is -0.142. The van der Waals surface area contributed by atoms with Crippen LogP contribution in [0.3, 0.4) is 0 Å². The maximum atomic E-state index is 13.2. The van der Waals surface area contributed by atoms with E-state index >= 15 is 0 Å². The minimum Gasteiger partial charge on any atom is -0.480 e. The van der Waals surface area contributed by atoms with Crippen molar-refractivity contribution in [3.8, 4) is 0 Å². The number of carboxylic acids is 1. The SMILES string of the molecule is CSCCC(NC(=O)C(Cc1cnc[nH]1)NC(=O)C(N)CC(N)=O)C(=O)NC(Cc1cnc[nH]1)C(=O)O. The molecule has 2 aromatic rings. The van der Waals surface area contributed by atoms with Crippen LogP contribution in [0.5, 0.6) is 0 Å². The molecule has 0 fully saturated rings. The van der Waals surface area contributed by atoms with E-state index in [0.29, 0.717) is 17.1 Å². The number of H-pyrrole nitrogens is 2. The Morgan fingerprint density at radius 2 is 1.43 bits per heavy atom. The number of aromatic nitrogens is 4. The van der Waals surface area contributed by atoms with Gasteiger partial charge in [-0.1, -0.05) is 0 Å². The lowest BCUT2D eigenvalue weighted by Gasteiger charge is -2.25. The van der Waals surface area contributed by atoms with Crippen molar-refractivity contribution >= 4 is 41.4 Å². The second-order valence-corrected chi connectivity index (χ2v) is 9.13. The molecule has 0 aliphatic heterocycles. The molecule has 0 aromatic carbocycles. The number of hydrogen-bond acceptors (Lipinski definition) is 9. The van der Waals surface area contributed by atoms with Gasteiger partial charge in [-0.15, -0.1) is 0 Å². The van der Waals surface area contributed by atoms with E-state index in [1.54, 1.807) is 0 Å². The standard InChI is InChI=1S/C21H31N9O6S/c1-37-3-2-14(19(33)30-16(21(35)36)5-12-8-25-10-27-12)28-20(34)15(4-11-7-24-9-26-11)29-18(32)13(22)6-17(23)31/h7-10,13-16H,2-6,22H2,1H3,(H2,23,31)(H,24,26)(H,25,27)(H,28,34)(H,29,32)(H,30,33)(H,35,36). The van der Waals surface area contributed by atoms with Crippen LogP contribution in [0.2, 0.25) is 0 Å². The summed E-state index contributed by atoms with van der Waals surface area (Å²) in [6.07, 6.45) is 7.22. The first kappa shape index (κ1) is 29.3. The molecule has 2 rings (SSSR count). The number of amides is 4. The van der Waals surface area contributed by atoms with Crippen molar-refractivity contribution in [1.29, 1.82) is 0 Å². The molecule has 16 heteroatoms. The van der Waals surface area contributed by atoms with Gasteiger partial charge in [-0.3, -0.25) is 19.2 Å². The van der Waals surface area contributed by atoms with Gasteiger partial charge in [0, 0.05) is 36.6 Å². The first-order valence-corrected chi connectivity index (χ1v) is 12.6. The van der Waals surface area contributed by atoms with E-state index in [1.807, 2.05) is 6.26 Å². The van der Waals surface area contributed by atoms with Gasteiger partial charge in [0.15, 0.2) is 0 Å². The van der Waals surface area contributed by atoms with Crippen molar-refractivity contribution in [2.75, 3.05) is 12.0 Å². The number of nitrogens with one attached hydrogen (secondary N) is 5. The second-order valence-electron chi connectivity index (χ2n) is 8.14. The molecule has 10 N–H and O–H groups in total. The fourth-order valence-electron chi connectivity index (χ4n) is 3.28.